The molecular weight excluding hydrogens is 362 g/mol. The lowest BCUT2D eigenvalue weighted by molar-refractivity contribution is 1.14. The van der Waals surface area contributed by atoms with E-state index in [-0.39, 0.29) is 0 Å². The average molecular weight is 402 g/mol. The van der Waals surface area contributed by atoms with E-state index in [2.05, 4.69) is 94.4 Å². The smallest absolute Gasteiger partial charge is 0.0384 e. The topological polar surface area (TPSA) is 12.0 Å². The van der Waals surface area contributed by atoms with Gasteiger partial charge in [0.05, 0.1) is 0 Å². The van der Waals surface area contributed by atoms with E-state index < -0.39 is 0 Å². The second-order valence-electron chi connectivity index (χ2n) is 6.88. The summed E-state index contributed by atoms with van der Waals surface area (Å²) < 4.78 is 0. The van der Waals surface area contributed by atoms with Crippen molar-refractivity contribution in [3.63, 3.8) is 0 Å². The molecular formula is C29H39N. The van der Waals surface area contributed by atoms with Crippen LogP contribution in [0.5, 0.6) is 0 Å². The molecule has 0 radical (unpaired) electrons. The van der Waals surface area contributed by atoms with Gasteiger partial charge in [-0.15, -0.1) is 0 Å². The number of rotatable bonds is 7. The molecule has 160 valence electrons. The summed E-state index contributed by atoms with van der Waals surface area (Å²) in [4.78, 5) is 0. The maximum Gasteiger partial charge on any atom is 0.0384 e. The van der Waals surface area contributed by atoms with Crippen LogP contribution < -0.4 is 5.32 Å². The van der Waals surface area contributed by atoms with Gasteiger partial charge in [0.25, 0.3) is 0 Å². The quantitative estimate of drug-likeness (QED) is 0.456. The zero-order valence-corrected chi connectivity index (χ0v) is 19.8. The first kappa shape index (κ1) is 26.9. The summed E-state index contributed by atoms with van der Waals surface area (Å²) in [5.41, 5.74) is 7.95. The van der Waals surface area contributed by atoms with Gasteiger partial charge < -0.3 is 5.32 Å². The molecule has 0 aliphatic carbocycles. The van der Waals surface area contributed by atoms with Gasteiger partial charge in [0.1, 0.15) is 0 Å². The number of hydrogen-bond acceptors (Lipinski definition) is 1. The molecule has 30 heavy (non-hydrogen) atoms. The lowest BCUT2D eigenvalue weighted by Crippen LogP contribution is -1.97. The van der Waals surface area contributed by atoms with Crippen molar-refractivity contribution in [1.82, 2.24) is 0 Å². The molecule has 0 heterocycles. The van der Waals surface area contributed by atoms with E-state index in [1.165, 1.54) is 11.1 Å². The lowest BCUT2D eigenvalue weighted by Gasteiger charge is -2.11. The van der Waals surface area contributed by atoms with Gasteiger partial charge >= 0.3 is 0 Å². The molecule has 2 aromatic carbocycles. The van der Waals surface area contributed by atoms with Crippen LogP contribution in [-0.2, 0) is 6.42 Å². The summed E-state index contributed by atoms with van der Waals surface area (Å²) in [5.74, 6) is 0. The van der Waals surface area contributed by atoms with E-state index in [1.54, 1.807) is 6.08 Å². The Hall–Kier alpha value is -3.06. The molecule has 0 spiro atoms. The Labute approximate surface area is 185 Å². The third-order valence-corrected chi connectivity index (χ3v) is 4.06. The molecule has 0 atom stereocenters. The van der Waals surface area contributed by atoms with Crippen molar-refractivity contribution < 1.29 is 0 Å². The van der Waals surface area contributed by atoms with Crippen LogP contribution in [0.2, 0.25) is 0 Å². The first-order valence-electron chi connectivity index (χ1n) is 10.6. The van der Waals surface area contributed by atoms with Gasteiger partial charge in [0.2, 0.25) is 0 Å². The lowest BCUT2D eigenvalue weighted by atomic mass is 10.1. The van der Waals surface area contributed by atoms with Crippen LogP contribution in [0, 0.1) is 0 Å². The minimum absolute atomic E-state index is 0.913. The number of allylic oxidation sites excluding steroid dienone is 6. The minimum atomic E-state index is 0.913. The Bertz CT molecular complexity index is 827. The molecule has 0 saturated heterocycles. The molecule has 0 unspecified atom stereocenters. The second-order valence-corrected chi connectivity index (χ2v) is 6.88. The van der Waals surface area contributed by atoms with Crippen LogP contribution >= 0.6 is 0 Å². The summed E-state index contributed by atoms with van der Waals surface area (Å²) >= 11 is 0. The number of anilines is 1. The zero-order valence-electron chi connectivity index (χ0n) is 19.8. The fourth-order valence-electron chi connectivity index (χ4n) is 2.35. The minimum Gasteiger partial charge on any atom is -0.356 e. The summed E-state index contributed by atoms with van der Waals surface area (Å²) in [6.45, 7) is 23.9. The summed E-state index contributed by atoms with van der Waals surface area (Å²) in [6, 6.07) is 16.7. The third kappa shape index (κ3) is 11.1. The summed E-state index contributed by atoms with van der Waals surface area (Å²) in [7, 11) is 0. The molecule has 0 amide bonds. The maximum atomic E-state index is 4.10. The highest BCUT2D eigenvalue weighted by molar-refractivity contribution is 5.76. The fraction of sp³-hybridized carbons (Fsp3) is 0.241. The van der Waals surface area contributed by atoms with E-state index in [0.29, 0.717) is 0 Å². The number of hydrogen-bond donors (Lipinski definition) is 1. The predicted molar refractivity (Wildman–Crippen MR) is 140 cm³/mol. The van der Waals surface area contributed by atoms with Crippen LogP contribution in [0.3, 0.4) is 0 Å². The summed E-state index contributed by atoms with van der Waals surface area (Å²) in [5, 5.41) is 3.34. The highest BCUT2D eigenvalue weighted by Gasteiger charge is 2.00. The Morgan fingerprint density at radius 1 is 0.833 bits per heavy atom. The van der Waals surface area contributed by atoms with E-state index in [1.807, 2.05) is 39.0 Å². The van der Waals surface area contributed by atoms with Gasteiger partial charge in [0.15, 0.2) is 0 Å². The van der Waals surface area contributed by atoms with E-state index in [9.17, 15) is 0 Å². The Balaban J connectivity index is 0.000000712. The summed E-state index contributed by atoms with van der Waals surface area (Å²) in [6.07, 6.45) is 8.75. The molecule has 0 fully saturated rings. The molecule has 0 aliphatic rings. The molecule has 0 aliphatic heterocycles. The standard InChI is InChI=1S/C19H21N.C8H12.C2H6/c1-5-16-6-8-18(9-7-16)15(4)20-19-12-10-17(11-13-19)14(2)3;1-4-5-6-7-8(2)3;1-2/h6-13,20H,2,4-5H2,1,3H3;4-7H,1H2,2-3H3;1-2H3/b;6-5-;. The van der Waals surface area contributed by atoms with Crippen LogP contribution in [0.15, 0.2) is 98.1 Å². The van der Waals surface area contributed by atoms with Gasteiger partial charge in [-0.1, -0.05) is 112 Å². The largest absolute Gasteiger partial charge is 0.356 e. The van der Waals surface area contributed by atoms with Crippen LogP contribution in [0.1, 0.15) is 58.2 Å². The molecule has 0 aromatic heterocycles. The van der Waals surface area contributed by atoms with Crippen molar-refractivity contribution in [1.29, 1.82) is 0 Å². The molecule has 1 nitrogen and oxygen atoms in total. The van der Waals surface area contributed by atoms with Gasteiger partial charge in [-0.3, -0.25) is 0 Å². The Morgan fingerprint density at radius 2 is 1.37 bits per heavy atom. The van der Waals surface area contributed by atoms with Gasteiger partial charge in [0, 0.05) is 11.4 Å². The second kappa shape index (κ2) is 15.8. The van der Waals surface area contributed by atoms with Crippen molar-refractivity contribution in [2.24, 2.45) is 0 Å². The molecule has 0 bridgehead atoms. The van der Waals surface area contributed by atoms with Gasteiger partial charge in [-0.25, -0.2) is 0 Å². The van der Waals surface area contributed by atoms with Crippen molar-refractivity contribution in [3.05, 3.63) is 115 Å². The monoisotopic (exact) mass is 401 g/mol. The molecule has 0 saturated carbocycles. The third-order valence-electron chi connectivity index (χ3n) is 4.06. The van der Waals surface area contributed by atoms with Crippen LogP contribution in [0.4, 0.5) is 5.69 Å². The SMILES string of the molecule is C=C(C)c1ccc(NC(=C)c2ccc(CC)cc2)cc1.C=C/C=C\C=C(C)C.CC. The molecule has 2 aromatic rings. The van der Waals surface area contributed by atoms with Crippen LogP contribution in [-0.4, -0.2) is 0 Å². The van der Waals surface area contributed by atoms with E-state index in [4.69, 9.17) is 0 Å². The molecule has 2 rings (SSSR count). The van der Waals surface area contributed by atoms with Crippen LogP contribution in [0.25, 0.3) is 11.3 Å². The zero-order chi connectivity index (χ0) is 22.9. The van der Waals surface area contributed by atoms with Gasteiger partial charge in [-0.05, 0) is 56.0 Å². The van der Waals surface area contributed by atoms with Crippen molar-refractivity contribution in [2.45, 2.75) is 48.0 Å². The molecule has 1 N–H and O–H groups in total. The van der Waals surface area contributed by atoms with Crippen molar-refractivity contribution in [2.75, 3.05) is 5.32 Å². The Kier molecular flexibility index (Phi) is 14.2. The first-order chi connectivity index (χ1) is 14.4. The number of benzene rings is 2. The molecule has 1 heteroatoms. The van der Waals surface area contributed by atoms with Gasteiger partial charge in [-0.2, -0.15) is 0 Å². The van der Waals surface area contributed by atoms with E-state index >= 15 is 0 Å². The number of aryl methyl sites for hydroxylation is 1. The van der Waals surface area contributed by atoms with Crippen molar-refractivity contribution >= 4 is 17.0 Å². The normalized spacial score (nSPS) is 9.40. The number of nitrogens with one attached hydrogen (secondary N) is 1. The predicted octanol–water partition coefficient (Wildman–Crippen LogP) is 9.09. The fourth-order valence-corrected chi connectivity index (χ4v) is 2.35. The highest BCUT2D eigenvalue weighted by Crippen LogP contribution is 2.20. The maximum absolute atomic E-state index is 4.10. The first-order valence-corrected chi connectivity index (χ1v) is 10.6. The Morgan fingerprint density at radius 3 is 1.80 bits per heavy atom. The van der Waals surface area contributed by atoms with Crippen molar-refractivity contribution in [3.8, 4) is 0 Å². The average Bonchev–Trinajstić information content (AvgIpc) is 2.76. The van der Waals surface area contributed by atoms with E-state index in [0.717, 1.165) is 34.5 Å². The highest BCUT2D eigenvalue weighted by atomic mass is 14.9.